The number of aromatic carboxylic acids is 1. The third-order valence-corrected chi connectivity index (χ3v) is 2.48. The van der Waals surface area contributed by atoms with E-state index in [9.17, 15) is 9.59 Å². The standard InChI is InChI=1S/C12H9NO4/c14-11(13-17)8-5-1-3-7-4-2-6-9(10(7)8)12(15)16/h1-6,17H,(H,13,14)(H,15,16). The van der Waals surface area contributed by atoms with E-state index in [1.54, 1.807) is 24.3 Å². The highest BCUT2D eigenvalue weighted by Gasteiger charge is 2.15. The van der Waals surface area contributed by atoms with E-state index in [0.717, 1.165) is 0 Å². The van der Waals surface area contributed by atoms with Gasteiger partial charge in [0.1, 0.15) is 0 Å². The first-order valence-electron chi connectivity index (χ1n) is 4.84. The number of carboxylic acids is 1. The van der Waals surface area contributed by atoms with Gasteiger partial charge < -0.3 is 5.11 Å². The Labute approximate surface area is 96.3 Å². The summed E-state index contributed by atoms with van der Waals surface area (Å²) < 4.78 is 0. The molecule has 0 radical (unpaired) electrons. The second-order valence-electron chi connectivity index (χ2n) is 3.46. The SMILES string of the molecule is O=C(O)c1cccc2cccc(C(=O)NO)c12. The van der Waals surface area contributed by atoms with Crippen molar-refractivity contribution in [2.75, 3.05) is 0 Å². The van der Waals surface area contributed by atoms with E-state index in [0.29, 0.717) is 10.8 Å². The van der Waals surface area contributed by atoms with Crippen molar-refractivity contribution in [3.8, 4) is 0 Å². The lowest BCUT2D eigenvalue weighted by Gasteiger charge is -2.07. The predicted molar refractivity (Wildman–Crippen MR) is 60.2 cm³/mol. The first-order chi connectivity index (χ1) is 8.15. The Morgan fingerprint density at radius 3 is 2.12 bits per heavy atom. The summed E-state index contributed by atoms with van der Waals surface area (Å²) in [4.78, 5) is 22.5. The lowest BCUT2D eigenvalue weighted by molar-refractivity contribution is 0.0699. The lowest BCUT2D eigenvalue weighted by atomic mass is 9.99. The van der Waals surface area contributed by atoms with Crippen LogP contribution in [0.1, 0.15) is 20.7 Å². The summed E-state index contributed by atoms with van der Waals surface area (Å²) in [5.74, 6) is -1.85. The van der Waals surface area contributed by atoms with E-state index in [1.807, 2.05) is 0 Å². The van der Waals surface area contributed by atoms with Gasteiger partial charge in [-0.25, -0.2) is 10.3 Å². The van der Waals surface area contributed by atoms with Gasteiger partial charge in [0, 0.05) is 5.39 Å². The summed E-state index contributed by atoms with van der Waals surface area (Å²) in [7, 11) is 0. The molecule has 0 aliphatic rings. The number of nitrogens with one attached hydrogen (secondary N) is 1. The third-order valence-electron chi connectivity index (χ3n) is 2.48. The molecule has 17 heavy (non-hydrogen) atoms. The fourth-order valence-corrected chi connectivity index (χ4v) is 1.77. The average molecular weight is 231 g/mol. The van der Waals surface area contributed by atoms with E-state index in [4.69, 9.17) is 10.3 Å². The molecule has 0 heterocycles. The topological polar surface area (TPSA) is 86.6 Å². The van der Waals surface area contributed by atoms with Crippen molar-refractivity contribution >= 4 is 22.6 Å². The minimum absolute atomic E-state index is 0.0294. The van der Waals surface area contributed by atoms with Gasteiger partial charge in [-0.05, 0) is 17.5 Å². The van der Waals surface area contributed by atoms with Gasteiger partial charge >= 0.3 is 5.97 Å². The van der Waals surface area contributed by atoms with Crippen LogP contribution in [-0.2, 0) is 0 Å². The molecule has 86 valence electrons. The molecule has 2 aromatic rings. The van der Waals surface area contributed by atoms with Crippen LogP contribution in [0.4, 0.5) is 0 Å². The Morgan fingerprint density at radius 2 is 1.59 bits per heavy atom. The molecule has 0 saturated carbocycles. The molecule has 5 heteroatoms. The Kier molecular flexibility index (Phi) is 2.76. The number of carbonyl (C=O) groups is 2. The maximum atomic E-state index is 11.4. The third kappa shape index (κ3) is 1.83. The number of amides is 1. The van der Waals surface area contributed by atoms with Crippen LogP contribution in [0.2, 0.25) is 0 Å². The maximum absolute atomic E-state index is 11.4. The normalized spacial score (nSPS) is 10.2. The van der Waals surface area contributed by atoms with Gasteiger partial charge in [0.15, 0.2) is 0 Å². The highest BCUT2D eigenvalue weighted by Crippen LogP contribution is 2.23. The van der Waals surface area contributed by atoms with Gasteiger partial charge in [0.2, 0.25) is 0 Å². The lowest BCUT2D eigenvalue weighted by Crippen LogP contribution is -2.19. The molecule has 0 saturated heterocycles. The van der Waals surface area contributed by atoms with E-state index >= 15 is 0 Å². The van der Waals surface area contributed by atoms with Crippen molar-refractivity contribution in [1.29, 1.82) is 0 Å². The summed E-state index contributed by atoms with van der Waals surface area (Å²) in [6.45, 7) is 0. The molecule has 0 aliphatic heterocycles. The monoisotopic (exact) mass is 231 g/mol. The van der Waals surface area contributed by atoms with Crippen molar-refractivity contribution < 1.29 is 19.9 Å². The zero-order valence-electron chi connectivity index (χ0n) is 8.68. The molecule has 5 nitrogen and oxygen atoms in total. The Bertz CT molecular complexity index is 601. The van der Waals surface area contributed by atoms with Crippen molar-refractivity contribution in [2.45, 2.75) is 0 Å². The molecule has 0 spiro atoms. The van der Waals surface area contributed by atoms with Gasteiger partial charge in [-0.1, -0.05) is 24.3 Å². The van der Waals surface area contributed by atoms with E-state index in [-0.39, 0.29) is 11.1 Å². The molecule has 0 unspecified atom stereocenters. The van der Waals surface area contributed by atoms with Crippen LogP contribution in [-0.4, -0.2) is 22.2 Å². The van der Waals surface area contributed by atoms with Crippen LogP contribution >= 0.6 is 0 Å². The zero-order valence-corrected chi connectivity index (χ0v) is 8.68. The summed E-state index contributed by atoms with van der Waals surface area (Å²) in [5, 5.41) is 18.6. The van der Waals surface area contributed by atoms with E-state index < -0.39 is 11.9 Å². The number of hydrogen-bond donors (Lipinski definition) is 3. The van der Waals surface area contributed by atoms with Gasteiger partial charge in [0.05, 0.1) is 11.1 Å². The minimum atomic E-state index is -1.12. The Balaban J connectivity index is 2.85. The van der Waals surface area contributed by atoms with Crippen molar-refractivity contribution in [3.05, 3.63) is 47.5 Å². The summed E-state index contributed by atoms with van der Waals surface area (Å²) in [6.07, 6.45) is 0. The molecule has 0 aliphatic carbocycles. The van der Waals surface area contributed by atoms with Crippen LogP contribution in [0.25, 0.3) is 10.8 Å². The maximum Gasteiger partial charge on any atom is 0.336 e. The first kappa shape index (κ1) is 11.1. The Hall–Kier alpha value is -2.40. The van der Waals surface area contributed by atoms with Crippen LogP contribution < -0.4 is 5.48 Å². The fourth-order valence-electron chi connectivity index (χ4n) is 1.77. The van der Waals surface area contributed by atoms with Crippen LogP contribution in [0.5, 0.6) is 0 Å². The summed E-state index contributed by atoms with van der Waals surface area (Å²) >= 11 is 0. The molecule has 0 fully saturated rings. The second kappa shape index (κ2) is 4.23. The number of rotatable bonds is 2. The number of hydrogen-bond acceptors (Lipinski definition) is 3. The Morgan fingerprint density at radius 1 is 1.00 bits per heavy atom. The zero-order chi connectivity index (χ0) is 12.4. The molecular weight excluding hydrogens is 222 g/mol. The van der Waals surface area contributed by atoms with Gasteiger partial charge in [-0.3, -0.25) is 10.0 Å². The highest BCUT2D eigenvalue weighted by atomic mass is 16.5. The van der Waals surface area contributed by atoms with Crippen molar-refractivity contribution in [2.24, 2.45) is 0 Å². The predicted octanol–water partition coefficient (Wildman–Crippen LogP) is 1.66. The van der Waals surface area contributed by atoms with E-state index in [2.05, 4.69) is 0 Å². The summed E-state index contributed by atoms with van der Waals surface area (Å²) in [5.41, 5.74) is 1.66. The number of fused-ring (bicyclic) bond motifs is 1. The van der Waals surface area contributed by atoms with E-state index in [1.165, 1.54) is 17.6 Å². The minimum Gasteiger partial charge on any atom is -0.478 e. The average Bonchev–Trinajstić information content (AvgIpc) is 2.36. The number of benzene rings is 2. The smallest absolute Gasteiger partial charge is 0.336 e. The molecular formula is C12H9NO4. The molecule has 1 amide bonds. The number of carbonyl (C=O) groups excluding carboxylic acids is 1. The number of hydroxylamine groups is 1. The molecule has 0 atom stereocenters. The van der Waals surface area contributed by atoms with Crippen molar-refractivity contribution in [3.63, 3.8) is 0 Å². The number of carboxylic acid groups (broad SMARTS) is 1. The van der Waals surface area contributed by atoms with Gasteiger partial charge in [-0.15, -0.1) is 0 Å². The second-order valence-corrected chi connectivity index (χ2v) is 3.46. The highest BCUT2D eigenvalue weighted by molar-refractivity contribution is 6.14. The molecule has 2 rings (SSSR count). The quantitative estimate of drug-likeness (QED) is 0.541. The van der Waals surface area contributed by atoms with Crippen LogP contribution in [0.3, 0.4) is 0 Å². The fraction of sp³-hybridized carbons (Fsp3) is 0. The summed E-state index contributed by atoms with van der Waals surface area (Å²) in [6, 6.07) is 9.51. The first-order valence-corrected chi connectivity index (χ1v) is 4.84. The van der Waals surface area contributed by atoms with Crippen LogP contribution in [0.15, 0.2) is 36.4 Å². The molecule has 2 aromatic carbocycles. The van der Waals surface area contributed by atoms with Gasteiger partial charge in [0.25, 0.3) is 5.91 Å². The molecule has 0 bridgehead atoms. The van der Waals surface area contributed by atoms with Gasteiger partial charge in [-0.2, -0.15) is 0 Å². The van der Waals surface area contributed by atoms with Crippen LogP contribution in [0, 0.1) is 0 Å². The largest absolute Gasteiger partial charge is 0.478 e. The molecule has 0 aromatic heterocycles. The van der Waals surface area contributed by atoms with Crippen molar-refractivity contribution in [1.82, 2.24) is 5.48 Å². The molecule has 3 N–H and O–H groups in total.